The van der Waals surface area contributed by atoms with E-state index < -0.39 is 0 Å². The van der Waals surface area contributed by atoms with Crippen molar-refractivity contribution in [1.29, 1.82) is 0 Å². The molecule has 0 aliphatic carbocycles. The zero-order valence-corrected chi connectivity index (χ0v) is 18.7. The van der Waals surface area contributed by atoms with E-state index in [0.29, 0.717) is 17.6 Å². The van der Waals surface area contributed by atoms with Gasteiger partial charge in [-0.2, -0.15) is 9.97 Å². The van der Waals surface area contributed by atoms with Gasteiger partial charge >= 0.3 is 0 Å². The maximum Gasteiger partial charge on any atom is 0.238 e. The molecule has 0 atom stereocenters. The normalized spacial score (nSPS) is 11.4. The molecular formula is C30H19N5. The van der Waals surface area contributed by atoms with Crippen LogP contribution in [-0.4, -0.2) is 24.5 Å². The van der Waals surface area contributed by atoms with Crippen molar-refractivity contribution in [3.8, 4) is 28.7 Å². The van der Waals surface area contributed by atoms with E-state index in [9.17, 15) is 0 Å². The molecule has 0 radical (unpaired) electrons. The van der Waals surface area contributed by atoms with Gasteiger partial charge in [-0.25, -0.2) is 9.97 Å². The number of rotatable bonds is 3. The summed E-state index contributed by atoms with van der Waals surface area (Å²) in [6.07, 6.45) is 0. The van der Waals surface area contributed by atoms with Crippen LogP contribution in [0.4, 0.5) is 0 Å². The summed E-state index contributed by atoms with van der Waals surface area (Å²) in [5.41, 5.74) is 5.76. The lowest BCUT2D eigenvalue weighted by Crippen LogP contribution is -2.06. The van der Waals surface area contributed by atoms with Crippen LogP contribution in [0.5, 0.6) is 0 Å². The van der Waals surface area contributed by atoms with Gasteiger partial charge in [0.05, 0.1) is 22.1 Å². The van der Waals surface area contributed by atoms with E-state index >= 15 is 0 Å². The number of hydrogen-bond acceptors (Lipinski definition) is 4. The van der Waals surface area contributed by atoms with Gasteiger partial charge in [0.1, 0.15) is 0 Å². The lowest BCUT2D eigenvalue weighted by atomic mass is 10.2. The van der Waals surface area contributed by atoms with Gasteiger partial charge in [-0.3, -0.25) is 4.57 Å². The Balaban J connectivity index is 1.59. The summed E-state index contributed by atoms with van der Waals surface area (Å²) >= 11 is 0. The van der Waals surface area contributed by atoms with Crippen molar-refractivity contribution in [2.45, 2.75) is 0 Å². The van der Waals surface area contributed by atoms with E-state index in [-0.39, 0.29) is 0 Å². The van der Waals surface area contributed by atoms with Gasteiger partial charge in [0.2, 0.25) is 5.95 Å². The number of fused-ring (bicyclic) bond motifs is 4. The molecule has 5 nitrogen and oxygen atoms in total. The van der Waals surface area contributed by atoms with E-state index in [0.717, 1.165) is 44.0 Å². The van der Waals surface area contributed by atoms with Crippen LogP contribution in [-0.2, 0) is 0 Å². The minimum atomic E-state index is 0.570. The van der Waals surface area contributed by atoms with Crippen LogP contribution >= 0.6 is 0 Å². The number of benzene rings is 4. The molecule has 0 amide bonds. The Hall–Kier alpha value is -4.90. The van der Waals surface area contributed by atoms with Crippen molar-refractivity contribution < 1.29 is 0 Å². The van der Waals surface area contributed by atoms with Gasteiger partial charge < -0.3 is 0 Å². The minimum Gasteiger partial charge on any atom is -0.276 e. The molecule has 3 aromatic heterocycles. The minimum absolute atomic E-state index is 0.570. The monoisotopic (exact) mass is 449 g/mol. The third-order valence-electron chi connectivity index (χ3n) is 6.23. The molecule has 3 heterocycles. The van der Waals surface area contributed by atoms with Gasteiger partial charge in [0, 0.05) is 21.9 Å². The molecule has 0 unspecified atom stereocenters. The molecule has 5 heteroatoms. The maximum atomic E-state index is 5.02. The summed E-state index contributed by atoms with van der Waals surface area (Å²) in [6, 6.07) is 38.7. The molecule has 0 aliphatic rings. The summed E-state index contributed by atoms with van der Waals surface area (Å²) in [6.45, 7) is 0. The second kappa shape index (κ2) is 7.85. The van der Waals surface area contributed by atoms with Crippen molar-refractivity contribution in [3.63, 3.8) is 0 Å². The molecule has 0 saturated carbocycles. The molecule has 7 rings (SSSR count). The van der Waals surface area contributed by atoms with Crippen molar-refractivity contribution in [1.82, 2.24) is 24.5 Å². The molecule has 4 aromatic carbocycles. The van der Waals surface area contributed by atoms with Crippen molar-refractivity contribution >= 4 is 32.8 Å². The highest BCUT2D eigenvalue weighted by Crippen LogP contribution is 2.33. The molecule has 0 fully saturated rings. The molecule has 0 saturated heterocycles. The standard InChI is InChI=1S/C30H19N5/c1-3-11-20(12-4-1)28-32-29(21-13-5-2-6-14-21)34-30(33-28)35-25-18-10-8-16-23(25)27-26(35)19-22-15-7-9-17-24(22)31-27/h1-19H. The fourth-order valence-electron chi connectivity index (χ4n) is 4.58. The predicted molar refractivity (Wildman–Crippen MR) is 140 cm³/mol. The van der Waals surface area contributed by atoms with E-state index in [1.165, 1.54) is 0 Å². The van der Waals surface area contributed by atoms with Gasteiger partial charge in [-0.05, 0) is 18.2 Å². The summed E-state index contributed by atoms with van der Waals surface area (Å²) in [7, 11) is 0. The SMILES string of the molecule is c1ccc(-c2nc(-c3ccccc3)nc(-n3c4ccccc4c4nc5ccccc5cc43)n2)cc1. The Morgan fingerprint density at radius 2 is 1.09 bits per heavy atom. The second-order valence-corrected chi connectivity index (χ2v) is 8.42. The largest absolute Gasteiger partial charge is 0.276 e. The summed E-state index contributed by atoms with van der Waals surface area (Å²) in [5.74, 6) is 1.84. The average molecular weight is 450 g/mol. The number of para-hydroxylation sites is 2. The smallest absolute Gasteiger partial charge is 0.238 e. The first kappa shape index (κ1) is 19.6. The van der Waals surface area contributed by atoms with Crippen LogP contribution in [0.3, 0.4) is 0 Å². The topological polar surface area (TPSA) is 56.5 Å². The van der Waals surface area contributed by atoms with Crippen LogP contribution in [0.25, 0.3) is 61.6 Å². The van der Waals surface area contributed by atoms with Crippen LogP contribution in [0, 0.1) is 0 Å². The Labute approximate surface area is 201 Å². The number of nitrogens with zero attached hydrogens (tertiary/aromatic N) is 5. The highest BCUT2D eigenvalue weighted by molar-refractivity contribution is 6.09. The highest BCUT2D eigenvalue weighted by Gasteiger charge is 2.18. The molecule has 35 heavy (non-hydrogen) atoms. The van der Waals surface area contributed by atoms with Crippen molar-refractivity contribution in [2.75, 3.05) is 0 Å². The summed E-state index contributed by atoms with van der Waals surface area (Å²) < 4.78 is 2.10. The van der Waals surface area contributed by atoms with E-state index in [4.69, 9.17) is 19.9 Å². The summed E-state index contributed by atoms with van der Waals surface area (Å²) in [5, 5.41) is 2.14. The first-order chi connectivity index (χ1) is 17.3. The Morgan fingerprint density at radius 3 is 1.80 bits per heavy atom. The lowest BCUT2D eigenvalue weighted by molar-refractivity contribution is 0.953. The molecule has 0 N–H and O–H groups in total. The number of pyridine rings is 1. The predicted octanol–water partition coefficient (Wildman–Crippen LogP) is 6.85. The van der Waals surface area contributed by atoms with Crippen LogP contribution < -0.4 is 0 Å². The first-order valence-corrected chi connectivity index (χ1v) is 11.5. The quantitative estimate of drug-likeness (QED) is 0.296. The van der Waals surface area contributed by atoms with E-state index in [1.807, 2.05) is 91.0 Å². The van der Waals surface area contributed by atoms with Gasteiger partial charge in [-0.1, -0.05) is 97.1 Å². The zero-order valence-electron chi connectivity index (χ0n) is 18.7. The number of aromatic nitrogens is 5. The van der Waals surface area contributed by atoms with E-state index in [2.05, 4.69) is 28.8 Å². The van der Waals surface area contributed by atoms with Crippen molar-refractivity contribution in [3.05, 3.63) is 115 Å². The zero-order chi connectivity index (χ0) is 23.2. The fraction of sp³-hybridized carbons (Fsp3) is 0. The second-order valence-electron chi connectivity index (χ2n) is 8.42. The molecule has 0 aliphatic heterocycles. The molecule has 7 aromatic rings. The molecule has 0 bridgehead atoms. The van der Waals surface area contributed by atoms with E-state index in [1.54, 1.807) is 0 Å². The van der Waals surface area contributed by atoms with Gasteiger partial charge in [-0.15, -0.1) is 0 Å². The maximum absolute atomic E-state index is 5.02. The Bertz CT molecular complexity index is 1780. The average Bonchev–Trinajstić information content (AvgIpc) is 3.26. The fourth-order valence-corrected chi connectivity index (χ4v) is 4.58. The molecule has 164 valence electrons. The molecule has 0 spiro atoms. The van der Waals surface area contributed by atoms with Crippen LogP contribution in [0.2, 0.25) is 0 Å². The highest BCUT2D eigenvalue weighted by atomic mass is 15.2. The van der Waals surface area contributed by atoms with Crippen molar-refractivity contribution in [2.24, 2.45) is 0 Å². The van der Waals surface area contributed by atoms with Gasteiger partial charge in [0.15, 0.2) is 11.6 Å². The third-order valence-corrected chi connectivity index (χ3v) is 6.23. The van der Waals surface area contributed by atoms with Crippen LogP contribution in [0.1, 0.15) is 0 Å². The summed E-state index contributed by atoms with van der Waals surface area (Å²) in [4.78, 5) is 19.8. The first-order valence-electron chi connectivity index (χ1n) is 11.5. The molecular weight excluding hydrogens is 430 g/mol. The van der Waals surface area contributed by atoms with Gasteiger partial charge in [0.25, 0.3) is 0 Å². The Kier molecular flexibility index (Phi) is 4.39. The number of hydrogen-bond donors (Lipinski definition) is 0. The lowest BCUT2D eigenvalue weighted by Gasteiger charge is -2.11. The van der Waals surface area contributed by atoms with Crippen LogP contribution in [0.15, 0.2) is 115 Å². The Morgan fingerprint density at radius 1 is 0.486 bits per heavy atom. The third kappa shape index (κ3) is 3.25.